The van der Waals surface area contributed by atoms with Crippen molar-refractivity contribution < 1.29 is 13.9 Å². The minimum Gasteiger partial charge on any atom is -0.451 e. The molecule has 7 nitrogen and oxygen atoms in total. The number of ether oxygens (including phenoxy) is 1. The molecule has 1 aromatic carbocycles. The second kappa shape index (κ2) is 6.34. The number of rotatable bonds is 3. The number of carbonyl (C=O) groups is 1. The molecule has 1 fully saturated rings. The zero-order valence-corrected chi connectivity index (χ0v) is 11.8. The smallest absolute Gasteiger partial charge is 0.289 e. The first kappa shape index (κ1) is 14.2. The molecular formula is C15H14N4O3. The molecule has 112 valence electrons. The quantitative estimate of drug-likeness (QED) is 0.494. The molecule has 2 aromatic rings. The number of hydrogen-bond donors (Lipinski definition) is 0. The van der Waals surface area contributed by atoms with Gasteiger partial charge in [-0.2, -0.15) is 0 Å². The number of hydrogen-bond acceptors (Lipinski definition) is 4. The van der Waals surface area contributed by atoms with Gasteiger partial charge in [0.1, 0.15) is 5.76 Å². The maximum absolute atomic E-state index is 12.3. The first-order chi connectivity index (χ1) is 10.8. The minimum absolute atomic E-state index is 0.157. The van der Waals surface area contributed by atoms with Gasteiger partial charge in [-0.3, -0.25) is 4.79 Å². The van der Waals surface area contributed by atoms with E-state index in [2.05, 4.69) is 10.0 Å². The van der Waals surface area contributed by atoms with E-state index < -0.39 is 0 Å². The highest BCUT2D eigenvalue weighted by Gasteiger charge is 2.22. The molecule has 2 heterocycles. The van der Waals surface area contributed by atoms with E-state index in [0.717, 1.165) is 0 Å². The van der Waals surface area contributed by atoms with Gasteiger partial charge in [0.05, 0.1) is 13.2 Å². The molecule has 7 heteroatoms. The van der Waals surface area contributed by atoms with Crippen molar-refractivity contribution >= 4 is 11.6 Å². The van der Waals surface area contributed by atoms with Crippen LogP contribution in [-0.4, -0.2) is 37.1 Å². The molecule has 3 rings (SSSR count). The van der Waals surface area contributed by atoms with Crippen LogP contribution in [0.3, 0.4) is 0 Å². The first-order valence-corrected chi connectivity index (χ1v) is 6.91. The summed E-state index contributed by atoms with van der Waals surface area (Å²) in [6, 6.07) is 10.4. The van der Waals surface area contributed by atoms with Gasteiger partial charge in [0.25, 0.3) is 5.91 Å². The largest absolute Gasteiger partial charge is 0.451 e. The molecule has 0 spiro atoms. The monoisotopic (exact) mass is 298 g/mol. The van der Waals surface area contributed by atoms with Crippen molar-refractivity contribution in [1.29, 1.82) is 0 Å². The van der Waals surface area contributed by atoms with Gasteiger partial charge < -0.3 is 14.1 Å². The van der Waals surface area contributed by atoms with E-state index in [0.29, 0.717) is 43.3 Å². The zero-order chi connectivity index (χ0) is 15.4. The molecular weight excluding hydrogens is 284 g/mol. The average Bonchev–Trinajstić information content (AvgIpc) is 3.05. The van der Waals surface area contributed by atoms with Crippen LogP contribution in [0, 0.1) is 0 Å². The first-order valence-electron chi connectivity index (χ1n) is 6.91. The molecule has 0 aliphatic carbocycles. The number of benzene rings is 1. The highest BCUT2D eigenvalue weighted by molar-refractivity contribution is 5.92. The molecule has 0 unspecified atom stereocenters. The predicted molar refractivity (Wildman–Crippen MR) is 79.7 cm³/mol. The van der Waals surface area contributed by atoms with E-state index in [1.54, 1.807) is 35.2 Å². The summed E-state index contributed by atoms with van der Waals surface area (Å²) >= 11 is 0. The highest BCUT2D eigenvalue weighted by atomic mass is 16.5. The highest BCUT2D eigenvalue weighted by Crippen LogP contribution is 2.31. The predicted octanol–water partition coefficient (Wildman–Crippen LogP) is 3.36. The number of furan rings is 1. The van der Waals surface area contributed by atoms with Crippen molar-refractivity contribution in [3.63, 3.8) is 0 Å². The molecule has 1 aliphatic heterocycles. The lowest BCUT2D eigenvalue weighted by Gasteiger charge is -2.25. The molecule has 0 N–H and O–H groups in total. The maximum atomic E-state index is 12.3. The number of nitrogens with zero attached hydrogens (tertiary/aromatic N) is 4. The van der Waals surface area contributed by atoms with Gasteiger partial charge in [0.2, 0.25) is 0 Å². The summed E-state index contributed by atoms with van der Waals surface area (Å²) in [6.45, 7) is 2.20. The zero-order valence-electron chi connectivity index (χ0n) is 11.8. The fourth-order valence-electron chi connectivity index (χ4n) is 2.34. The summed E-state index contributed by atoms with van der Waals surface area (Å²) in [6.07, 6.45) is 0. The van der Waals surface area contributed by atoms with Crippen LogP contribution < -0.4 is 0 Å². The average molecular weight is 298 g/mol. The van der Waals surface area contributed by atoms with E-state index in [9.17, 15) is 4.79 Å². The van der Waals surface area contributed by atoms with Gasteiger partial charge in [0.15, 0.2) is 5.76 Å². The summed E-state index contributed by atoms with van der Waals surface area (Å²) in [4.78, 5) is 16.9. The normalized spacial score (nSPS) is 14.5. The maximum Gasteiger partial charge on any atom is 0.289 e. The Bertz CT molecular complexity index is 728. The lowest BCUT2D eigenvalue weighted by molar-refractivity contribution is 0.0283. The molecule has 0 radical (unpaired) electrons. The SMILES string of the molecule is [N-]=[N+]=Nc1ccccc1-c1ccc(C(=O)N2CCOCC2)o1. The van der Waals surface area contributed by atoms with Gasteiger partial charge in [-0.1, -0.05) is 29.4 Å². The Hall–Kier alpha value is -2.76. The van der Waals surface area contributed by atoms with E-state index in [-0.39, 0.29) is 11.7 Å². The van der Waals surface area contributed by atoms with Crippen LogP contribution in [0.2, 0.25) is 0 Å². The van der Waals surface area contributed by atoms with Crippen LogP contribution in [0.1, 0.15) is 10.6 Å². The molecule has 22 heavy (non-hydrogen) atoms. The summed E-state index contributed by atoms with van der Waals surface area (Å²) in [7, 11) is 0. The number of carbonyl (C=O) groups excluding carboxylic acids is 1. The Labute approximate surface area is 126 Å². The molecule has 0 saturated carbocycles. The van der Waals surface area contributed by atoms with Crippen molar-refractivity contribution in [3.8, 4) is 11.3 Å². The standard InChI is InChI=1S/C15H14N4O3/c16-18-17-12-4-2-1-3-11(12)13-5-6-14(22-13)15(20)19-7-9-21-10-8-19/h1-6H,7-10H2. The van der Waals surface area contributed by atoms with Gasteiger partial charge in [0, 0.05) is 29.3 Å². The third-order valence-electron chi connectivity index (χ3n) is 3.44. The van der Waals surface area contributed by atoms with E-state index in [4.69, 9.17) is 14.7 Å². The summed E-state index contributed by atoms with van der Waals surface area (Å²) in [5, 5.41) is 3.64. The Kier molecular flexibility index (Phi) is 4.09. The summed E-state index contributed by atoms with van der Waals surface area (Å²) < 4.78 is 10.9. The lowest BCUT2D eigenvalue weighted by atomic mass is 10.1. The van der Waals surface area contributed by atoms with Crippen LogP contribution in [0.15, 0.2) is 45.9 Å². The van der Waals surface area contributed by atoms with Crippen LogP contribution in [0.25, 0.3) is 21.8 Å². The van der Waals surface area contributed by atoms with Gasteiger partial charge in [-0.05, 0) is 17.7 Å². The Morgan fingerprint density at radius 2 is 1.95 bits per heavy atom. The number of amides is 1. The van der Waals surface area contributed by atoms with Crippen molar-refractivity contribution in [1.82, 2.24) is 4.90 Å². The van der Waals surface area contributed by atoms with Crippen LogP contribution in [0.5, 0.6) is 0 Å². The second-order valence-electron chi connectivity index (χ2n) is 4.78. The summed E-state index contributed by atoms with van der Waals surface area (Å²) in [5.74, 6) is 0.614. The third kappa shape index (κ3) is 2.81. The second-order valence-corrected chi connectivity index (χ2v) is 4.78. The molecule has 1 amide bonds. The third-order valence-corrected chi connectivity index (χ3v) is 3.44. The fourth-order valence-corrected chi connectivity index (χ4v) is 2.34. The van der Waals surface area contributed by atoms with Crippen LogP contribution in [0.4, 0.5) is 5.69 Å². The van der Waals surface area contributed by atoms with Crippen molar-refractivity contribution in [3.05, 3.63) is 52.6 Å². The van der Waals surface area contributed by atoms with Crippen molar-refractivity contribution in [2.24, 2.45) is 5.11 Å². The van der Waals surface area contributed by atoms with Gasteiger partial charge in [-0.15, -0.1) is 0 Å². The van der Waals surface area contributed by atoms with Crippen molar-refractivity contribution in [2.45, 2.75) is 0 Å². The van der Waals surface area contributed by atoms with Crippen LogP contribution >= 0.6 is 0 Å². The van der Waals surface area contributed by atoms with Gasteiger partial charge >= 0.3 is 0 Å². The van der Waals surface area contributed by atoms with E-state index in [1.807, 2.05) is 6.07 Å². The minimum atomic E-state index is -0.157. The fraction of sp³-hybridized carbons (Fsp3) is 0.267. The van der Waals surface area contributed by atoms with E-state index in [1.165, 1.54) is 0 Å². The van der Waals surface area contributed by atoms with Gasteiger partial charge in [-0.25, -0.2) is 0 Å². The number of azide groups is 1. The Morgan fingerprint density at radius 3 is 2.73 bits per heavy atom. The topological polar surface area (TPSA) is 91.4 Å². The molecule has 1 saturated heterocycles. The number of morpholine rings is 1. The Morgan fingerprint density at radius 1 is 1.18 bits per heavy atom. The molecule has 0 atom stereocenters. The van der Waals surface area contributed by atoms with Crippen LogP contribution in [-0.2, 0) is 4.74 Å². The lowest BCUT2D eigenvalue weighted by Crippen LogP contribution is -2.40. The van der Waals surface area contributed by atoms with E-state index >= 15 is 0 Å². The summed E-state index contributed by atoms with van der Waals surface area (Å²) in [5.41, 5.74) is 9.73. The molecule has 0 bridgehead atoms. The molecule has 1 aromatic heterocycles. The molecule has 1 aliphatic rings. The van der Waals surface area contributed by atoms with Crippen molar-refractivity contribution in [2.75, 3.05) is 26.3 Å². The Balaban J connectivity index is 1.87.